The van der Waals surface area contributed by atoms with Crippen LogP contribution in [0.25, 0.3) is 0 Å². The molecule has 1 aromatic rings. The minimum Gasteiger partial charge on any atom is -0.374 e. The number of hydrogen-bond donors (Lipinski definition) is 3. The second-order valence-corrected chi connectivity index (χ2v) is 7.54. The lowest BCUT2D eigenvalue weighted by Crippen LogP contribution is -2.50. The number of rotatable bonds is 9. The van der Waals surface area contributed by atoms with Crippen LogP contribution in [0.3, 0.4) is 0 Å². The molecule has 0 saturated carbocycles. The van der Waals surface area contributed by atoms with E-state index in [2.05, 4.69) is 39.7 Å². The van der Waals surface area contributed by atoms with Crippen molar-refractivity contribution in [2.24, 2.45) is 10.9 Å². The predicted octanol–water partition coefficient (Wildman–Crippen LogP) is 1.83. The molecule has 0 spiro atoms. The summed E-state index contributed by atoms with van der Waals surface area (Å²) < 4.78 is 5.85. The molecule has 0 aromatic heterocycles. The van der Waals surface area contributed by atoms with Crippen LogP contribution < -0.4 is 16.0 Å². The van der Waals surface area contributed by atoms with Crippen molar-refractivity contribution < 1.29 is 9.53 Å². The zero-order valence-corrected chi connectivity index (χ0v) is 20.1. The number of hydrogen-bond acceptors (Lipinski definition) is 4. The maximum absolute atomic E-state index is 12.0. The fraction of sp³-hybridized carbons (Fsp3) is 0.619. The molecule has 164 valence electrons. The molecule has 7 nitrogen and oxygen atoms in total. The number of guanidine groups is 1. The monoisotopic (exact) mass is 517 g/mol. The van der Waals surface area contributed by atoms with Crippen LogP contribution in [0.5, 0.6) is 0 Å². The lowest BCUT2D eigenvalue weighted by molar-refractivity contribution is -0.121. The van der Waals surface area contributed by atoms with Crippen LogP contribution in [0, 0.1) is 5.92 Å². The molecule has 1 saturated heterocycles. The topological polar surface area (TPSA) is 78.0 Å². The summed E-state index contributed by atoms with van der Waals surface area (Å²) in [4.78, 5) is 18.7. The van der Waals surface area contributed by atoms with E-state index in [9.17, 15) is 4.79 Å². The standard InChI is InChI=1S/C21H35N5O2.HI/c1-17(2)15-26-11-12-28-19(16-26)14-25-21(22-3)23-10-9-20(27)24-13-18-7-5-4-6-8-18;/h4-8,17,19H,9-16H2,1-3H3,(H,24,27)(H2,22,23,25);1H. The van der Waals surface area contributed by atoms with Gasteiger partial charge in [0.25, 0.3) is 0 Å². The number of nitrogens with one attached hydrogen (secondary N) is 3. The van der Waals surface area contributed by atoms with E-state index in [0.717, 1.165) is 31.8 Å². The third kappa shape index (κ3) is 10.8. The molecular formula is C21H36IN5O2. The highest BCUT2D eigenvalue weighted by molar-refractivity contribution is 14.0. The molecule has 1 unspecified atom stereocenters. The van der Waals surface area contributed by atoms with E-state index in [1.54, 1.807) is 7.05 Å². The Bertz CT molecular complexity index is 612. The van der Waals surface area contributed by atoms with Gasteiger partial charge < -0.3 is 20.7 Å². The summed E-state index contributed by atoms with van der Waals surface area (Å²) in [5, 5.41) is 9.42. The first-order valence-corrected chi connectivity index (χ1v) is 10.2. The van der Waals surface area contributed by atoms with Gasteiger partial charge in [-0.2, -0.15) is 0 Å². The van der Waals surface area contributed by atoms with E-state index in [-0.39, 0.29) is 36.0 Å². The molecule has 1 amide bonds. The van der Waals surface area contributed by atoms with Gasteiger partial charge in [-0.05, 0) is 11.5 Å². The Morgan fingerprint density at radius 2 is 2.00 bits per heavy atom. The Hall–Kier alpha value is -1.39. The van der Waals surface area contributed by atoms with Crippen molar-refractivity contribution in [2.75, 3.05) is 46.4 Å². The van der Waals surface area contributed by atoms with E-state index < -0.39 is 0 Å². The number of nitrogens with zero attached hydrogens (tertiary/aromatic N) is 2. The lowest BCUT2D eigenvalue weighted by Gasteiger charge is -2.34. The summed E-state index contributed by atoms with van der Waals surface area (Å²) >= 11 is 0. The number of carbonyl (C=O) groups excluding carboxylic acids is 1. The van der Waals surface area contributed by atoms with Crippen molar-refractivity contribution in [3.63, 3.8) is 0 Å². The minimum atomic E-state index is 0. The summed E-state index contributed by atoms with van der Waals surface area (Å²) in [6, 6.07) is 9.90. The van der Waals surface area contributed by atoms with Gasteiger partial charge in [0.2, 0.25) is 5.91 Å². The number of halogens is 1. The minimum absolute atomic E-state index is 0. The number of amides is 1. The van der Waals surface area contributed by atoms with Gasteiger partial charge in [0.1, 0.15) is 0 Å². The average Bonchev–Trinajstić information content (AvgIpc) is 2.69. The van der Waals surface area contributed by atoms with Crippen molar-refractivity contribution in [2.45, 2.75) is 32.9 Å². The highest BCUT2D eigenvalue weighted by Crippen LogP contribution is 2.07. The van der Waals surface area contributed by atoms with Gasteiger partial charge in [-0.3, -0.25) is 14.7 Å². The van der Waals surface area contributed by atoms with Gasteiger partial charge in [0.15, 0.2) is 5.96 Å². The van der Waals surface area contributed by atoms with Crippen LogP contribution in [0.15, 0.2) is 35.3 Å². The summed E-state index contributed by atoms with van der Waals surface area (Å²) in [6.07, 6.45) is 0.551. The molecule has 1 aromatic carbocycles. The summed E-state index contributed by atoms with van der Waals surface area (Å²) in [6.45, 7) is 10.1. The van der Waals surface area contributed by atoms with Gasteiger partial charge in [-0.15, -0.1) is 24.0 Å². The van der Waals surface area contributed by atoms with Crippen LogP contribution in [0.4, 0.5) is 0 Å². The first-order chi connectivity index (χ1) is 13.6. The number of benzene rings is 1. The van der Waals surface area contributed by atoms with Crippen molar-refractivity contribution in [1.82, 2.24) is 20.9 Å². The van der Waals surface area contributed by atoms with Crippen LogP contribution in [-0.4, -0.2) is 69.2 Å². The predicted molar refractivity (Wildman–Crippen MR) is 129 cm³/mol. The molecular weight excluding hydrogens is 481 g/mol. The number of aliphatic imine (C=N–C) groups is 1. The molecule has 8 heteroatoms. The van der Waals surface area contributed by atoms with Crippen LogP contribution in [-0.2, 0) is 16.1 Å². The third-order valence-electron chi connectivity index (χ3n) is 4.54. The average molecular weight is 517 g/mol. The van der Waals surface area contributed by atoms with Crippen molar-refractivity contribution in [3.8, 4) is 0 Å². The highest BCUT2D eigenvalue weighted by atomic mass is 127. The highest BCUT2D eigenvalue weighted by Gasteiger charge is 2.21. The zero-order chi connectivity index (χ0) is 20.2. The molecule has 2 rings (SSSR count). The maximum atomic E-state index is 12.0. The van der Waals surface area contributed by atoms with Crippen LogP contribution in [0.1, 0.15) is 25.8 Å². The first kappa shape index (κ1) is 25.6. The van der Waals surface area contributed by atoms with Crippen molar-refractivity contribution >= 4 is 35.8 Å². The second-order valence-electron chi connectivity index (χ2n) is 7.54. The second kappa shape index (κ2) is 14.6. The lowest BCUT2D eigenvalue weighted by atomic mass is 10.2. The molecule has 0 aliphatic carbocycles. The van der Waals surface area contributed by atoms with E-state index in [1.165, 1.54) is 0 Å². The quantitative estimate of drug-likeness (QED) is 0.265. The summed E-state index contributed by atoms with van der Waals surface area (Å²) in [5.74, 6) is 1.38. The maximum Gasteiger partial charge on any atom is 0.222 e. The number of morpholine rings is 1. The smallest absolute Gasteiger partial charge is 0.222 e. The van der Waals surface area contributed by atoms with Gasteiger partial charge in [-0.25, -0.2) is 0 Å². The van der Waals surface area contributed by atoms with Crippen molar-refractivity contribution in [3.05, 3.63) is 35.9 Å². The Labute approximate surface area is 192 Å². The number of carbonyl (C=O) groups is 1. The Kier molecular flexibility index (Phi) is 12.9. The van der Waals surface area contributed by atoms with E-state index in [4.69, 9.17) is 4.74 Å². The normalized spacial score (nSPS) is 17.5. The van der Waals surface area contributed by atoms with Crippen LogP contribution >= 0.6 is 24.0 Å². The van der Waals surface area contributed by atoms with E-state index >= 15 is 0 Å². The number of ether oxygens (including phenoxy) is 1. The molecule has 1 fully saturated rings. The summed E-state index contributed by atoms with van der Waals surface area (Å²) in [7, 11) is 1.73. The molecule has 1 aliphatic rings. The molecule has 1 heterocycles. The van der Waals surface area contributed by atoms with Gasteiger partial charge >= 0.3 is 0 Å². The van der Waals surface area contributed by atoms with Crippen LogP contribution in [0.2, 0.25) is 0 Å². The fourth-order valence-corrected chi connectivity index (χ4v) is 3.20. The molecule has 0 bridgehead atoms. The Morgan fingerprint density at radius 3 is 2.69 bits per heavy atom. The largest absolute Gasteiger partial charge is 0.374 e. The van der Waals surface area contributed by atoms with Gasteiger partial charge in [-0.1, -0.05) is 44.2 Å². The third-order valence-corrected chi connectivity index (χ3v) is 4.54. The molecule has 0 radical (unpaired) electrons. The first-order valence-electron chi connectivity index (χ1n) is 10.2. The molecule has 3 N–H and O–H groups in total. The summed E-state index contributed by atoms with van der Waals surface area (Å²) in [5.41, 5.74) is 1.10. The zero-order valence-electron chi connectivity index (χ0n) is 17.8. The van der Waals surface area contributed by atoms with Gasteiger partial charge in [0, 0.05) is 52.7 Å². The fourth-order valence-electron chi connectivity index (χ4n) is 3.20. The molecule has 1 atom stereocenters. The molecule has 29 heavy (non-hydrogen) atoms. The van der Waals surface area contributed by atoms with E-state index in [0.29, 0.717) is 37.9 Å². The Balaban J connectivity index is 0.00000420. The Morgan fingerprint density at radius 1 is 1.24 bits per heavy atom. The van der Waals surface area contributed by atoms with Crippen molar-refractivity contribution in [1.29, 1.82) is 0 Å². The SMILES string of the molecule is CN=C(NCCC(=O)NCc1ccccc1)NCC1CN(CC(C)C)CCO1.I. The van der Waals surface area contributed by atoms with Gasteiger partial charge in [0.05, 0.1) is 12.7 Å². The van der Waals surface area contributed by atoms with E-state index in [1.807, 2.05) is 30.3 Å². The molecule has 1 aliphatic heterocycles.